The van der Waals surface area contributed by atoms with Crippen molar-refractivity contribution in [2.75, 3.05) is 5.73 Å². The smallest absolute Gasteiger partial charge is 0.195 e. The topological polar surface area (TPSA) is 93.4 Å². The SMILES string of the molecule is N#Cc1c(Cl)cc(N)nc1-n1nccn1. The maximum atomic E-state index is 8.90. The van der Waals surface area contributed by atoms with Gasteiger partial charge in [-0.25, -0.2) is 4.98 Å². The summed E-state index contributed by atoms with van der Waals surface area (Å²) >= 11 is 5.84. The minimum atomic E-state index is 0.196. The summed E-state index contributed by atoms with van der Waals surface area (Å²) < 4.78 is 0. The van der Waals surface area contributed by atoms with Gasteiger partial charge in [0, 0.05) is 6.07 Å². The molecule has 7 heteroatoms. The number of hydrogen-bond acceptors (Lipinski definition) is 5. The van der Waals surface area contributed by atoms with E-state index in [4.69, 9.17) is 22.6 Å². The van der Waals surface area contributed by atoms with Crippen molar-refractivity contribution in [1.29, 1.82) is 5.26 Å². The third kappa shape index (κ3) is 1.60. The maximum absolute atomic E-state index is 8.90. The van der Waals surface area contributed by atoms with Crippen LogP contribution in [0.4, 0.5) is 5.82 Å². The monoisotopic (exact) mass is 220 g/mol. The number of halogens is 1. The van der Waals surface area contributed by atoms with E-state index in [1.54, 1.807) is 0 Å². The molecule has 2 heterocycles. The fraction of sp³-hybridized carbons (Fsp3) is 0. The minimum Gasteiger partial charge on any atom is -0.384 e. The highest BCUT2D eigenvalue weighted by Gasteiger charge is 2.12. The van der Waals surface area contributed by atoms with Gasteiger partial charge in [-0.05, 0) is 0 Å². The number of hydrogen-bond donors (Lipinski definition) is 1. The predicted octanol–water partition coefficient (Wildman–Crippen LogP) is 0.770. The highest BCUT2D eigenvalue weighted by atomic mass is 35.5. The average Bonchev–Trinajstić information content (AvgIpc) is 2.69. The highest BCUT2D eigenvalue weighted by molar-refractivity contribution is 6.32. The van der Waals surface area contributed by atoms with Crippen LogP contribution in [0.3, 0.4) is 0 Å². The summed E-state index contributed by atoms with van der Waals surface area (Å²) in [6, 6.07) is 3.34. The zero-order valence-electron chi connectivity index (χ0n) is 7.42. The first-order chi connectivity index (χ1) is 7.22. The summed E-state index contributed by atoms with van der Waals surface area (Å²) in [7, 11) is 0. The van der Waals surface area contributed by atoms with Gasteiger partial charge in [0.05, 0.1) is 17.4 Å². The van der Waals surface area contributed by atoms with Crippen molar-refractivity contribution in [3.63, 3.8) is 0 Å². The molecule has 0 amide bonds. The molecule has 2 rings (SSSR count). The number of nitrogen functional groups attached to an aromatic ring is 1. The zero-order valence-corrected chi connectivity index (χ0v) is 8.18. The van der Waals surface area contributed by atoms with Crippen LogP contribution in [0.1, 0.15) is 5.56 Å². The Morgan fingerprint density at radius 2 is 2.07 bits per heavy atom. The van der Waals surface area contributed by atoms with E-state index in [0.29, 0.717) is 0 Å². The van der Waals surface area contributed by atoms with Crippen LogP contribution < -0.4 is 5.73 Å². The molecule has 0 aliphatic rings. The Bertz CT molecular complexity index is 527. The van der Waals surface area contributed by atoms with E-state index in [2.05, 4.69) is 15.2 Å². The molecule has 0 bridgehead atoms. The first-order valence-corrected chi connectivity index (χ1v) is 4.33. The van der Waals surface area contributed by atoms with E-state index in [1.807, 2.05) is 6.07 Å². The molecule has 0 atom stereocenters. The van der Waals surface area contributed by atoms with Crippen LogP contribution in [0.5, 0.6) is 0 Å². The third-order valence-corrected chi connectivity index (χ3v) is 1.99. The molecule has 2 aromatic rings. The second kappa shape index (κ2) is 3.55. The molecule has 2 N–H and O–H groups in total. The molecular weight excluding hydrogens is 216 g/mol. The summed E-state index contributed by atoms with van der Waals surface area (Å²) in [5.74, 6) is 0.443. The molecule has 0 unspecified atom stereocenters. The molecule has 0 fully saturated rings. The van der Waals surface area contributed by atoms with Gasteiger partial charge in [0.1, 0.15) is 17.5 Å². The Morgan fingerprint density at radius 1 is 1.40 bits per heavy atom. The van der Waals surface area contributed by atoms with Crippen molar-refractivity contribution in [3.05, 3.63) is 29.0 Å². The van der Waals surface area contributed by atoms with Crippen molar-refractivity contribution in [1.82, 2.24) is 20.0 Å². The predicted molar refractivity (Wildman–Crippen MR) is 53.3 cm³/mol. The van der Waals surface area contributed by atoms with Crippen LogP contribution in [0.2, 0.25) is 5.02 Å². The molecule has 0 aliphatic carbocycles. The largest absolute Gasteiger partial charge is 0.384 e. The van der Waals surface area contributed by atoms with E-state index in [1.165, 1.54) is 23.3 Å². The van der Waals surface area contributed by atoms with Crippen LogP contribution in [0.15, 0.2) is 18.5 Å². The van der Waals surface area contributed by atoms with Gasteiger partial charge in [0.2, 0.25) is 0 Å². The fourth-order valence-electron chi connectivity index (χ4n) is 1.09. The standard InChI is InChI=1S/C8H5ClN6/c9-6-3-7(11)14-8(5(6)4-10)15-12-1-2-13-15/h1-3H,(H2,11,14). The van der Waals surface area contributed by atoms with Crippen molar-refractivity contribution in [3.8, 4) is 11.9 Å². The van der Waals surface area contributed by atoms with E-state index >= 15 is 0 Å². The lowest BCUT2D eigenvalue weighted by molar-refractivity contribution is 0.728. The second-order valence-electron chi connectivity index (χ2n) is 2.66. The number of nitriles is 1. The van der Waals surface area contributed by atoms with Crippen LogP contribution in [-0.4, -0.2) is 20.0 Å². The number of rotatable bonds is 1. The summed E-state index contributed by atoms with van der Waals surface area (Å²) in [5, 5.41) is 16.8. The lowest BCUT2D eigenvalue weighted by atomic mass is 10.3. The van der Waals surface area contributed by atoms with Crippen molar-refractivity contribution in [2.45, 2.75) is 0 Å². The first-order valence-electron chi connectivity index (χ1n) is 3.95. The van der Waals surface area contributed by atoms with E-state index in [0.717, 1.165) is 0 Å². The van der Waals surface area contributed by atoms with Gasteiger partial charge in [-0.3, -0.25) is 0 Å². The Hall–Kier alpha value is -2.13. The van der Waals surface area contributed by atoms with E-state index in [9.17, 15) is 0 Å². The molecule has 2 aromatic heterocycles. The highest BCUT2D eigenvalue weighted by Crippen LogP contribution is 2.21. The van der Waals surface area contributed by atoms with Gasteiger partial charge in [0.25, 0.3) is 0 Å². The number of aromatic nitrogens is 4. The number of nitrogens with zero attached hydrogens (tertiary/aromatic N) is 5. The summed E-state index contributed by atoms with van der Waals surface area (Å²) in [5.41, 5.74) is 5.71. The number of pyridine rings is 1. The molecular formula is C8H5ClN6. The van der Waals surface area contributed by atoms with Gasteiger partial charge in [-0.1, -0.05) is 11.6 Å². The van der Waals surface area contributed by atoms with Crippen molar-refractivity contribution in [2.24, 2.45) is 0 Å². The Balaban J connectivity index is 2.71. The van der Waals surface area contributed by atoms with Crippen LogP contribution in [0.25, 0.3) is 5.82 Å². The molecule has 74 valence electrons. The molecule has 0 aromatic carbocycles. The van der Waals surface area contributed by atoms with Gasteiger partial charge >= 0.3 is 0 Å². The van der Waals surface area contributed by atoms with E-state index < -0.39 is 0 Å². The normalized spacial score (nSPS) is 9.87. The molecule has 0 spiro atoms. The quantitative estimate of drug-likeness (QED) is 0.766. The molecule has 0 saturated heterocycles. The van der Waals surface area contributed by atoms with Gasteiger partial charge in [0.15, 0.2) is 5.82 Å². The summed E-state index contributed by atoms with van der Waals surface area (Å²) in [6.07, 6.45) is 2.94. The molecule has 0 saturated carbocycles. The average molecular weight is 221 g/mol. The van der Waals surface area contributed by atoms with Crippen molar-refractivity contribution >= 4 is 17.4 Å². The number of anilines is 1. The maximum Gasteiger partial charge on any atom is 0.195 e. The fourth-order valence-corrected chi connectivity index (χ4v) is 1.33. The van der Waals surface area contributed by atoms with Gasteiger partial charge < -0.3 is 5.73 Å². The first kappa shape index (κ1) is 9.43. The molecule has 0 radical (unpaired) electrons. The third-order valence-electron chi connectivity index (χ3n) is 1.69. The lowest BCUT2D eigenvalue weighted by Crippen LogP contribution is -2.07. The molecule has 15 heavy (non-hydrogen) atoms. The molecule has 6 nitrogen and oxygen atoms in total. The summed E-state index contributed by atoms with van der Waals surface area (Å²) in [4.78, 5) is 5.15. The minimum absolute atomic E-state index is 0.196. The van der Waals surface area contributed by atoms with Crippen molar-refractivity contribution < 1.29 is 0 Å². The van der Waals surface area contributed by atoms with Gasteiger partial charge in [-0.2, -0.15) is 15.5 Å². The number of nitrogens with two attached hydrogens (primary N) is 1. The van der Waals surface area contributed by atoms with E-state index in [-0.39, 0.29) is 22.2 Å². The van der Waals surface area contributed by atoms with Gasteiger partial charge in [-0.15, -0.1) is 4.80 Å². The summed E-state index contributed by atoms with van der Waals surface area (Å²) in [6.45, 7) is 0. The Labute approximate surface area is 89.9 Å². The second-order valence-corrected chi connectivity index (χ2v) is 3.07. The van der Waals surface area contributed by atoms with Crippen LogP contribution in [-0.2, 0) is 0 Å². The van der Waals surface area contributed by atoms with Crippen LogP contribution in [0, 0.1) is 11.3 Å². The Morgan fingerprint density at radius 3 is 2.67 bits per heavy atom. The Kier molecular flexibility index (Phi) is 2.23. The van der Waals surface area contributed by atoms with Crippen LogP contribution >= 0.6 is 11.6 Å². The zero-order chi connectivity index (χ0) is 10.8. The lowest BCUT2D eigenvalue weighted by Gasteiger charge is -2.04. The molecule has 0 aliphatic heterocycles.